The van der Waals surface area contributed by atoms with E-state index in [1.54, 1.807) is 0 Å². The van der Waals surface area contributed by atoms with E-state index < -0.39 is 0 Å². The Morgan fingerprint density at radius 3 is 3.14 bits per heavy atom. The van der Waals surface area contributed by atoms with E-state index in [9.17, 15) is 0 Å². The maximum Gasteiger partial charge on any atom is 0.0661 e. The highest BCUT2D eigenvalue weighted by Gasteiger charge is 2.03. The molecule has 0 N–H and O–H groups in total. The number of pyridine rings is 1. The van der Waals surface area contributed by atoms with Crippen LogP contribution in [0.3, 0.4) is 0 Å². The summed E-state index contributed by atoms with van der Waals surface area (Å²) in [4.78, 5) is 4.38. The molecule has 0 saturated carbocycles. The van der Waals surface area contributed by atoms with Crippen LogP contribution in [0.1, 0.15) is 30.5 Å². The highest BCUT2D eigenvalue weighted by molar-refractivity contribution is 5.64. The first-order chi connectivity index (χ1) is 6.86. The molecule has 0 saturated heterocycles. The number of hydrogen-bond donors (Lipinski definition) is 0. The molecule has 1 heterocycles. The van der Waals surface area contributed by atoms with Crippen molar-refractivity contribution in [2.75, 3.05) is 0 Å². The number of hydrogen-bond acceptors (Lipinski definition) is 1. The lowest BCUT2D eigenvalue weighted by Gasteiger charge is -2.04. The fourth-order valence-corrected chi connectivity index (χ4v) is 1.58. The van der Waals surface area contributed by atoms with E-state index in [0.29, 0.717) is 0 Å². The highest BCUT2D eigenvalue weighted by Crippen LogP contribution is 2.20. The second-order valence-electron chi connectivity index (χ2n) is 3.51. The lowest BCUT2D eigenvalue weighted by atomic mass is 10.1. The minimum atomic E-state index is 0.866. The van der Waals surface area contributed by atoms with Crippen molar-refractivity contribution in [2.24, 2.45) is 0 Å². The van der Waals surface area contributed by atoms with E-state index in [1.165, 1.54) is 11.1 Å². The van der Waals surface area contributed by atoms with Gasteiger partial charge in [-0.1, -0.05) is 12.0 Å². The fraction of sp³-hybridized carbons (Fsp3) is 0.308. The third-order valence-electron chi connectivity index (χ3n) is 2.34. The van der Waals surface area contributed by atoms with Gasteiger partial charge in [0.1, 0.15) is 0 Å². The van der Waals surface area contributed by atoms with E-state index in [2.05, 4.69) is 35.9 Å². The van der Waals surface area contributed by atoms with Crippen LogP contribution < -0.4 is 0 Å². The minimum Gasteiger partial charge on any atom is -0.257 e. The Kier molecular flexibility index (Phi) is 2.65. The average Bonchev–Trinajstić information content (AvgIpc) is 2.45. The zero-order valence-corrected chi connectivity index (χ0v) is 8.38. The van der Waals surface area contributed by atoms with Gasteiger partial charge >= 0.3 is 0 Å². The molecule has 0 aromatic carbocycles. The van der Waals surface area contributed by atoms with Crippen molar-refractivity contribution >= 4 is 5.57 Å². The van der Waals surface area contributed by atoms with Crippen LogP contribution in [-0.4, -0.2) is 4.98 Å². The topological polar surface area (TPSA) is 12.9 Å². The van der Waals surface area contributed by atoms with Gasteiger partial charge in [-0.25, -0.2) is 0 Å². The molecule has 1 aromatic heterocycles. The summed E-state index contributed by atoms with van der Waals surface area (Å²) in [6.07, 6.45) is 6.93. The number of nitrogens with zero attached hydrogens (tertiary/aromatic N) is 1. The van der Waals surface area contributed by atoms with Crippen LogP contribution in [0.5, 0.6) is 0 Å². The summed E-state index contributed by atoms with van der Waals surface area (Å²) in [7, 11) is 0. The van der Waals surface area contributed by atoms with E-state index >= 15 is 0 Å². The first kappa shape index (κ1) is 9.02. The molecule has 1 heteroatoms. The Morgan fingerprint density at radius 1 is 1.36 bits per heavy atom. The smallest absolute Gasteiger partial charge is 0.0661 e. The van der Waals surface area contributed by atoms with Crippen molar-refractivity contribution in [2.45, 2.75) is 26.2 Å². The van der Waals surface area contributed by atoms with Crippen molar-refractivity contribution in [3.05, 3.63) is 35.7 Å². The van der Waals surface area contributed by atoms with Crippen molar-refractivity contribution in [1.29, 1.82) is 0 Å². The second kappa shape index (κ2) is 4.11. The lowest BCUT2D eigenvalue weighted by Crippen LogP contribution is -1.89. The van der Waals surface area contributed by atoms with Crippen molar-refractivity contribution in [3.63, 3.8) is 0 Å². The maximum atomic E-state index is 4.38. The molecule has 1 aliphatic carbocycles. The van der Waals surface area contributed by atoms with Crippen LogP contribution in [0.25, 0.3) is 5.57 Å². The number of rotatable bonds is 1. The van der Waals surface area contributed by atoms with Crippen molar-refractivity contribution in [1.82, 2.24) is 4.98 Å². The molecule has 2 rings (SSSR count). The molecule has 0 amide bonds. The molecule has 0 unspecified atom stereocenters. The summed E-state index contributed by atoms with van der Waals surface area (Å²) in [5, 5.41) is 0. The van der Waals surface area contributed by atoms with E-state index in [0.717, 1.165) is 25.0 Å². The Balaban J connectivity index is 2.28. The van der Waals surface area contributed by atoms with Crippen LogP contribution in [0.15, 0.2) is 24.4 Å². The molecule has 1 nitrogen and oxygen atoms in total. The second-order valence-corrected chi connectivity index (χ2v) is 3.51. The number of allylic oxidation sites excluding steroid dienone is 2. The van der Waals surface area contributed by atoms with Crippen molar-refractivity contribution < 1.29 is 0 Å². The van der Waals surface area contributed by atoms with Crippen LogP contribution in [-0.2, 0) is 0 Å². The Hall–Kier alpha value is -1.55. The summed E-state index contributed by atoms with van der Waals surface area (Å²) < 4.78 is 0. The van der Waals surface area contributed by atoms with Crippen LogP contribution in [0.2, 0.25) is 0 Å². The monoisotopic (exact) mass is 183 g/mol. The van der Waals surface area contributed by atoms with Gasteiger partial charge in [-0.3, -0.25) is 4.98 Å². The Morgan fingerprint density at radius 2 is 2.29 bits per heavy atom. The van der Waals surface area contributed by atoms with Crippen LogP contribution >= 0.6 is 0 Å². The largest absolute Gasteiger partial charge is 0.257 e. The fourth-order valence-electron chi connectivity index (χ4n) is 1.58. The maximum absolute atomic E-state index is 4.38. The van der Waals surface area contributed by atoms with Gasteiger partial charge in [0.15, 0.2) is 0 Å². The summed E-state index contributed by atoms with van der Waals surface area (Å²) in [5.74, 6) is 6.24. The van der Waals surface area contributed by atoms with E-state index in [-0.39, 0.29) is 0 Å². The molecule has 0 atom stereocenters. The predicted molar refractivity (Wildman–Crippen MR) is 58.6 cm³/mol. The highest BCUT2D eigenvalue weighted by atomic mass is 14.7. The Labute approximate surface area is 84.9 Å². The van der Waals surface area contributed by atoms with Gasteiger partial charge in [0, 0.05) is 19.0 Å². The number of aromatic nitrogens is 1. The molecular weight excluding hydrogens is 170 g/mol. The van der Waals surface area contributed by atoms with Gasteiger partial charge in [0.05, 0.1) is 5.69 Å². The third-order valence-corrected chi connectivity index (χ3v) is 2.34. The molecule has 70 valence electrons. The minimum absolute atomic E-state index is 0.866. The zero-order valence-electron chi connectivity index (χ0n) is 8.38. The summed E-state index contributed by atoms with van der Waals surface area (Å²) >= 11 is 0. The Bertz CT molecular complexity index is 418. The van der Waals surface area contributed by atoms with E-state index in [1.807, 2.05) is 12.3 Å². The van der Waals surface area contributed by atoms with Gasteiger partial charge in [-0.2, -0.15) is 0 Å². The summed E-state index contributed by atoms with van der Waals surface area (Å²) in [6.45, 7) is 2.10. The molecule has 0 spiro atoms. The van der Waals surface area contributed by atoms with Crippen molar-refractivity contribution in [3.8, 4) is 11.8 Å². The van der Waals surface area contributed by atoms with Crippen LogP contribution in [0, 0.1) is 18.8 Å². The van der Waals surface area contributed by atoms with E-state index in [4.69, 9.17) is 0 Å². The van der Waals surface area contributed by atoms with Gasteiger partial charge < -0.3 is 0 Å². The van der Waals surface area contributed by atoms with Gasteiger partial charge in [0.25, 0.3) is 0 Å². The lowest BCUT2D eigenvalue weighted by molar-refractivity contribution is 1.08. The molecule has 0 fully saturated rings. The number of aryl methyl sites for hydroxylation is 1. The molecule has 1 aromatic rings. The SMILES string of the molecule is Cc1ccnc(C2=CCC#CCC2)c1. The molecule has 0 radical (unpaired) electrons. The third kappa shape index (κ3) is 2.03. The molecule has 0 aliphatic heterocycles. The molecule has 1 aliphatic rings. The quantitative estimate of drug-likeness (QED) is 0.610. The predicted octanol–water partition coefficient (Wildman–Crippen LogP) is 2.96. The first-order valence-electron chi connectivity index (χ1n) is 4.94. The van der Waals surface area contributed by atoms with Gasteiger partial charge in [0.2, 0.25) is 0 Å². The van der Waals surface area contributed by atoms with Gasteiger partial charge in [-0.05, 0) is 36.6 Å². The summed E-state index contributed by atoms with van der Waals surface area (Å²) in [6, 6.07) is 4.16. The summed E-state index contributed by atoms with van der Waals surface area (Å²) in [5.41, 5.74) is 3.70. The molecule has 14 heavy (non-hydrogen) atoms. The first-order valence-corrected chi connectivity index (χ1v) is 4.94. The van der Waals surface area contributed by atoms with Gasteiger partial charge in [-0.15, -0.1) is 5.92 Å². The standard InChI is InChI=1S/C13H13N/c1-11-8-9-14-13(10-11)12-6-4-2-3-5-7-12/h6,8-10H,4-5,7H2,1H3. The average molecular weight is 183 g/mol. The van der Waals surface area contributed by atoms with Crippen LogP contribution in [0.4, 0.5) is 0 Å². The normalized spacial score (nSPS) is 15.1. The zero-order chi connectivity index (χ0) is 9.80. The molecular formula is C13H13N. The molecule has 0 bridgehead atoms.